The van der Waals surface area contributed by atoms with Crippen LogP contribution < -0.4 is 11.1 Å². The molecule has 1 amide bonds. The van der Waals surface area contributed by atoms with Gasteiger partial charge in [0, 0.05) is 0 Å². The number of benzene rings is 1. The van der Waals surface area contributed by atoms with Crippen LogP contribution in [0.15, 0.2) is 24.3 Å². The normalized spacial score (nSPS) is 11.9. The van der Waals surface area contributed by atoms with E-state index in [0.29, 0.717) is 30.1 Å². The molecule has 144 valence electrons. The van der Waals surface area contributed by atoms with E-state index in [1.54, 1.807) is 6.07 Å². The fourth-order valence-corrected chi connectivity index (χ4v) is 4.71. The van der Waals surface area contributed by atoms with Crippen molar-refractivity contribution >= 4 is 47.6 Å². The molecule has 1 heterocycles. The second kappa shape index (κ2) is 9.48. The number of nitrogens with two attached hydrogens (primary N) is 1. The molecule has 5 N–H and O–H groups in total. The molecular formula is C19H23N3O4Se. The van der Waals surface area contributed by atoms with Gasteiger partial charge in [0.1, 0.15) is 0 Å². The van der Waals surface area contributed by atoms with Crippen LogP contribution >= 0.6 is 0 Å². The molecule has 0 saturated heterocycles. The van der Waals surface area contributed by atoms with Crippen LogP contribution in [0.25, 0.3) is 9.65 Å². The van der Waals surface area contributed by atoms with Crippen LogP contribution in [0.4, 0.5) is 0 Å². The quantitative estimate of drug-likeness (QED) is 0.195. The van der Waals surface area contributed by atoms with Gasteiger partial charge in [0.25, 0.3) is 0 Å². The van der Waals surface area contributed by atoms with Crippen molar-refractivity contribution in [3.05, 3.63) is 34.3 Å². The molecular weight excluding hydrogens is 413 g/mol. The van der Waals surface area contributed by atoms with Gasteiger partial charge in [-0.15, -0.1) is 0 Å². The van der Waals surface area contributed by atoms with E-state index in [9.17, 15) is 14.4 Å². The zero-order valence-electron chi connectivity index (χ0n) is 15.1. The van der Waals surface area contributed by atoms with Gasteiger partial charge in [0.05, 0.1) is 0 Å². The van der Waals surface area contributed by atoms with E-state index in [1.165, 1.54) is 6.92 Å². The van der Waals surface area contributed by atoms with Gasteiger partial charge < -0.3 is 5.73 Å². The van der Waals surface area contributed by atoms with Crippen LogP contribution in [0.1, 0.15) is 47.4 Å². The van der Waals surface area contributed by atoms with Crippen molar-refractivity contribution in [3.8, 4) is 0 Å². The Kier molecular flexibility index (Phi) is 7.33. The molecule has 2 rings (SSSR count). The average Bonchev–Trinajstić information content (AvgIpc) is 3.00. The summed E-state index contributed by atoms with van der Waals surface area (Å²) in [6.45, 7) is 1.38. The summed E-state index contributed by atoms with van der Waals surface area (Å²) in [5.41, 5.74) is 6.13. The SMILES string of the molecule is CC(=O)N[C@@H](CCCCC(=N)N)C(=O)Cc1ccc2[se]c(C(=O)O)cc2c1. The van der Waals surface area contributed by atoms with Crippen molar-refractivity contribution in [2.75, 3.05) is 0 Å². The number of ketones is 1. The molecule has 27 heavy (non-hydrogen) atoms. The summed E-state index contributed by atoms with van der Waals surface area (Å²) in [7, 11) is 0. The minimum absolute atomic E-state index is 0.0843. The molecule has 1 atom stereocenters. The molecule has 0 bridgehead atoms. The first kappa shape index (κ1) is 20.9. The maximum absolute atomic E-state index is 12.7. The number of carbonyl (C=O) groups is 3. The minimum atomic E-state index is -0.903. The summed E-state index contributed by atoms with van der Waals surface area (Å²) >= 11 is -0.209. The Balaban J connectivity index is 2.06. The van der Waals surface area contributed by atoms with Gasteiger partial charge in [-0.3, -0.25) is 5.41 Å². The van der Waals surface area contributed by atoms with Crippen molar-refractivity contribution in [2.24, 2.45) is 5.73 Å². The van der Waals surface area contributed by atoms with Gasteiger partial charge in [0.15, 0.2) is 0 Å². The van der Waals surface area contributed by atoms with Crippen molar-refractivity contribution in [1.29, 1.82) is 5.41 Å². The molecule has 7 nitrogen and oxygen atoms in total. The van der Waals surface area contributed by atoms with Crippen LogP contribution in [-0.4, -0.2) is 49.1 Å². The van der Waals surface area contributed by atoms with Crippen molar-refractivity contribution < 1.29 is 19.5 Å². The summed E-state index contributed by atoms with van der Waals surface area (Å²) < 4.78 is 1.40. The van der Waals surface area contributed by atoms with Crippen LogP contribution in [-0.2, 0) is 16.0 Å². The molecule has 0 aliphatic carbocycles. The molecule has 1 aromatic carbocycles. The first-order valence-electron chi connectivity index (χ1n) is 8.64. The Hall–Kier alpha value is -2.44. The van der Waals surface area contributed by atoms with Gasteiger partial charge in [-0.05, 0) is 0 Å². The Morgan fingerprint density at radius 2 is 2.00 bits per heavy atom. The van der Waals surface area contributed by atoms with Gasteiger partial charge in [-0.1, -0.05) is 0 Å². The zero-order chi connectivity index (χ0) is 20.0. The number of Topliss-reactive ketones (excluding diaryl/α,β-unsaturated/α-hetero) is 1. The number of nitrogens with one attached hydrogen (secondary N) is 2. The van der Waals surface area contributed by atoms with E-state index in [0.717, 1.165) is 15.2 Å². The van der Waals surface area contributed by atoms with Gasteiger partial charge in [0.2, 0.25) is 0 Å². The number of rotatable bonds is 10. The van der Waals surface area contributed by atoms with Crippen LogP contribution in [0, 0.1) is 5.41 Å². The molecule has 0 saturated carbocycles. The standard InChI is InChI=1S/C19H23N3O4Se/c1-11(23)22-14(4-2-3-5-18(20)21)15(24)9-12-6-7-16-13(8-12)10-17(27-16)19(25)26/h6-8,10,14H,2-5,9H2,1H3,(H3,20,21)(H,22,23)(H,25,26)/t14-/m0/s1. The Bertz CT molecular complexity index is 875. The number of amidine groups is 1. The summed E-state index contributed by atoms with van der Waals surface area (Å²) in [5, 5.41) is 19.9. The maximum atomic E-state index is 12.7. The summed E-state index contributed by atoms with van der Waals surface area (Å²) in [5.74, 6) is -1.13. The summed E-state index contributed by atoms with van der Waals surface area (Å²) in [4.78, 5) is 35.2. The number of carbonyl (C=O) groups excluding carboxylic acids is 2. The third-order valence-corrected chi connectivity index (χ3v) is 6.44. The second-order valence-electron chi connectivity index (χ2n) is 6.46. The molecule has 0 radical (unpaired) electrons. The molecule has 0 unspecified atom stereocenters. The average molecular weight is 436 g/mol. The number of aromatic carboxylic acids is 1. The Labute approximate surface area is 163 Å². The van der Waals surface area contributed by atoms with E-state index in [4.69, 9.17) is 16.2 Å². The van der Waals surface area contributed by atoms with Crippen molar-refractivity contribution in [3.63, 3.8) is 0 Å². The number of carboxylic acid groups (broad SMARTS) is 1. The summed E-state index contributed by atoms with van der Waals surface area (Å²) in [6.07, 6.45) is 2.54. The molecule has 1 aromatic heterocycles. The van der Waals surface area contributed by atoms with E-state index < -0.39 is 12.0 Å². The predicted molar refractivity (Wildman–Crippen MR) is 105 cm³/mol. The second-order valence-corrected chi connectivity index (χ2v) is 8.73. The van der Waals surface area contributed by atoms with Crippen LogP contribution in [0.2, 0.25) is 0 Å². The topological polar surface area (TPSA) is 133 Å². The van der Waals surface area contributed by atoms with Crippen molar-refractivity contribution in [2.45, 2.75) is 45.1 Å². The third kappa shape index (κ3) is 6.34. The number of fused-ring (bicyclic) bond motifs is 1. The molecule has 0 aliphatic heterocycles. The molecule has 0 fully saturated rings. The van der Waals surface area contributed by atoms with Gasteiger partial charge in [-0.25, -0.2) is 0 Å². The number of hydrogen-bond donors (Lipinski definition) is 4. The first-order chi connectivity index (χ1) is 12.8. The predicted octanol–water partition coefficient (Wildman–Crippen LogP) is 1.71. The summed E-state index contributed by atoms with van der Waals surface area (Å²) in [6, 6.07) is 6.67. The van der Waals surface area contributed by atoms with Gasteiger partial charge >= 0.3 is 152 Å². The Morgan fingerprint density at radius 3 is 2.63 bits per heavy atom. The number of carboxylic acids is 1. The van der Waals surface area contributed by atoms with E-state index >= 15 is 0 Å². The molecule has 0 spiro atoms. The zero-order valence-corrected chi connectivity index (χ0v) is 16.8. The number of hydrogen-bond acceptors (Lipinski definition) is 4. The monoisotopic (exact) mass is 437 g/mol. The molecule has 0 aliphatic rings. The fraction of sp³-hybridized carbons (Fsp3) is 0.368. The number of unbranched alkanes of at least 4 members (excludes halogenated alkanes) is 1. The Morgan fingerprint density at radius 1 is 1.26 bits per heavy atom. The molecule has 8 heteroatoms. The van der Waals surface area contributed by atoms with Crippen LogP contribution in [0.5, 0.6) is 0 Å². The van der Waals surface area contributed by atoms with Crippen LogP contribution in [0.3, 0.4) is 0 Å². The van der Waals surface area contributed by atoms with E-state index in [2.05, 4.69) is 5.32 Å². The fourth-order valence-electron chi connectivity index (χ4n) is 2.86. The van der Waals surface area contributed by atoms with Gasteiger partial charge in [-0.2, -0.15) is 0 Å². The van der Waals surface area contributed by atoms with E-state index in [1.807, 2.05) is 18.2 Å². The van der Waals surface area contributed by atoms with Crippen molar-refractivity contribution in [1.82, 2.24) is 5.32 Å². The number of amides is 1. The first-order valence-corrected chi connectivity index (χ1v) is 10.4. The van der Waals surface area contributed by atoms with E-state index in [-0.39, 0.29) is 38.5 Å². The molecule has 2 aromatic rings. The third-order valence-electron chi connectivity index (χ3n) is 4.12.